The zero-order valence-electron chi connectivity index (χ0n) is 17.9. The molecule has 30 heavy (non-hydrogen) atoms. The highest BCUT2D eigenvalue weighted by Gasteiger charge is 2.42. The number of carbonyl (C=O) groups excluding carboxylic acids is 1. The third kappa shape index (κ3) is 4.50. The molecule has 2 aliphatic rings. The van der Waals surface area contributed by atoms with E-state index in [0.29, 0.717) is 12.6 Å². The number of carbonyl (C=O) groups is 1. The summed E-state index contributed by atoms with van der Waals surface area (Å²) in [5.74, 6) is -0.126. The van der Waals surface area contributed by atoms with Crippen LogP contribution in [0.25, 0.3) is 0 Å². The van der Waals surface area contributed by atoms with Gasteiger partial charge in [-0.25, -0.2) is 0 Å². The summed E-state index contributed by atoms with van der Waals surface area (Å²) in [5, 5.41) is 0. The van der Waals surface area contributed by atoms with Gasteiger partial charge in [-0.3, -0.25) is 14.6 Å². The lowest BCUT2D eigenvalue weighted by Gasteiger charge is -2.42. The zero-order valence-corrected chi connectivity index (χ0v) is 17.9. The monoisotopic (exact) mass is 404 g/mol. The Morgan fingerprint density at radius 2 is 1.67 bits per heavy atom. The van der Waals surface area contributed by atoms with Crippen molar-refractivity contribution >= 4 is 5.97 Å². The molecule has 0 aromatic heterocycles. The number of rotatable bonds is 6. The van der Waals surface area contributed by atoms with Gasteiger partial charge in [0.15, 0.2) is 0 Å². The Morgan fingerprint density at radius 3 is 2.27 bits per heavy atom. The van der Waals surface area contributed by atoms with E-state index in [4.69, 9.17) is 4.74 Å². The van der Waals surface area contributed by atoms with Crippen molar-refractivity contribution in [2.45, 2.75) is 37.8 Å². The molecule has 4 heteroatoms. The minimum absolute atomic E-state index is 0.126. The topological polar surface area (TPSA) is 32.8 Å². The van der Waals surface area contributed by atoms with Gasteiger partial charge in [-0.1, -0.05) is 72.8 Å². The molecule has 0 N–H and O–H groups in total. The van der Waals surface area contributed by atoms with Gasteiger partial charge in [0, 0.05) is 38.8 Å². The number of ether oxygens (including phenoxy) is 1. The number of piperazine rings is 1. The summed E-state index contributed by atoms with van der Waals surface area (Å²) in [6.45, 7) is 7.62. The summed E-state index contributed by atoms with van der Waals surface area (Å²) in [7, 11) is 0. The molecule has 2 aromatic rings. The second-order valence-corrected chi connectivity index (χ2v) is 8.32. The van der Waals surface area contributed by atoms with E-state index in [1.807, 2.05) is 37.3 Å². The van der Waals surface area contributed by atoms with E-state index < -0.39 is 5.41 Å². The number of esters is 1. The minimum Gasteiger partial charge on any atom is -0.465 e. The van der Waals surface area contributed by atoms with Crippen molar-refractivity contribution < 1.29 is 9.53 Å². The van der Waals surface area contributed by atoms with Gasteiger partial charge in [-0.05, 0) is 30.9 Å². The lowest BCUT2D eigenvalue weighted by atomic mass is 9.72. The summed E-state index contributed by atoms with van der Waals surface area (Å²) < 4.78 is 5.48. The summed E-state index contributed by atoms with van der Waals surface area (Å²) in [6.07, 6.45) is 6.13. The fourth-order valence-electron chi connectivity index (χ4n) is 4.75. The third-order valence-electron chi connectivity index (χ3n) is 6.49. The first-order valence-electron chi connectivity index (χ1n) is 11.1. The first kappa shape index (κ1) is 20.8. The molecule has 0 spiro atoms. The van der Waals surface area contributed by atoms with Crippen LogP contribution in [-0.4, -0.2) is 54.6 Å². The maximum absolute atomic E-state index is 12.9. The van der Waals surface area contributed by atoms with Crippen molar-refractivity contribution in [1.82, 2.24) is 9.80 Å². The second-order valence-electron chi connectivity index (χ2n) is 8.32. The molecule has 1 heterocycles. The molecule has 0 radical (unpaired) electrons. The van der Waals surface area contributed by atoms with Crippen LogP contribution >= 0.6 is 0 Å². The maximum atomic E-state index is 12.9. The van der Waals surface area contributed by atoms with Crippen molar-refractivity contribution in [2.75, 3.05) is 32.8 Å². The Labute approximate surface area is 180 Å². The maximum Gasteiger partial charge on any atom is 0.320 e. The van der Waals surface area contributed by atoms with Crippen LogP contribution in [0, 0.1) is 0 Å². The van der Waals surface area contributed by atoms with E-state index in [1.165, 1.54) is 5.56 Å². The van der Waals surface area contributed by atoms with Crippen molar-refractivity contribution in [3.8, 4) is 0 Å². The molecule has 0 bridgehead atoms. The Kier molecular flexibility index (Phi) is 6.66. The SMILES string of the molecule is CCOC(=O)C1(c2ccccc2)C=CC(N2CCN(Cc3ccccc3)CC2)CC1. The molecule has 0 amide bonds. The average molecular weight is 405 g/mol. The van der Waals surface area contributed by atoms with Gasteiger partial charge in [0.1, 0.15) is 5.41 Å². The lowest BCUT2D eigenvalue weighted by molar-refractivity contribution is -0.148. The van der Waals surface area contributed by atoms with Crippen LogP contribution in [0.15, 0.2) is 72.8 Å². The molecule has 1 saturated heterocycles. The van der Waals surface area contributed by atoms with Crippen LogP contribution in [0.3, 0.4) is 0 Å². The van der Waals surface area contributed by atoms with Crippen LogP contribution in [0.1, 0.15) is 30.9 Å². The molecule has 1 fully saturated rings. The number of benzene rings is 2. The van der Waals surface area contributed by atoms with Crippen molar-refractivity contribution in [3.63, 3.8) is 0 Å². The van der Waals surface area contributed by atoms with Gasteiger partial charge in [0.05, 0.1) is 6.61 Å². The molecule has 1 aliphatic carbocycles. The molecule has 158 valence electrons. The first-order valence-corrected chi connectivity index (χ1v) is 11.1. The molecule has 2 unspecified atom stereocenters. The minimum atomic E-state index is -0.650. The van der Waals surface area contributed by atoms with Gasteiger partial charge in [0.2, 0.25) is 0 Å². The standard InChI is InChI=1S/C26H32N2O2/c1-2-30-25(29)26(23-11-7-4-8-12-23)15-13-24(14-16-26)28-19-17-27(18-20-28)21-22-9-5-3-6-10-22/h3-13,15,24H,2,14,16-21H2,1H3. The van der Waals surface area contributed by atoms with Crippen LogP contribution in [0.5, 0.6) is 0 Å². The number of nitrogens with zero attached hydrogens (tertiary/aromatic N) is 2. The second kappa shape index (κ2) is 9.59. The first-order chi connectivity index (χ1) is 14.7. The molecule has 0 saturated carbocycles. The van der Waals surface area contributed by atoms with Crippen LogP contribution in [-0.2, 0) is 21.5 Å². The van der Waals surface area contributed by atoms with E-state index in [2.05, 4.69) is 52.3 Å². The predicted octanol–water partition coefficient (Wildman–Crippen LogP) is 4.02. The largest absolute Gasteiger partial charge is 0.465 e. The Balaban J connectivity index is 1.41. The third-order valence-corrected chi connectivity index (χ3v) is 6.49. The Morgan fingerprint density at radius 1 is 1.00 bits per heavy atom. The normalized spacial score (nSPS) is 25.2. The quantitative estimate of drug-likeness (QED) is 0.538. The van der Waals surface area contributed by atoms with Crippen molar-refractivity contribution in [3.05, 3.63) is 83.9 Å². The molecule has 4 rings (SSSR count). The van der Waals surface area contributed by atoms with Gasteiger partial charge in [-0.2, -0.15) is 0 Å². The summed E-state index contributed by atoms with van der Waals surface area (Å²) in [5.41, 5.74) is 1.76. The highest BCUT2D eigenvalue weighted by molar-refractivity contribution is 5.86. The van der Waals surface area contributed by atoms with E-state index >= 15 is 0 Å². The summed E-state index contributed by atoms with van der Waals surface area (Å²) >= 11 is 0. The van der Waals surface area contributed by atoms with Gasteiger partial charge < -0.3 is 4.74 Å². The Bertz CT molecular complexity index is 844. The number of hydrogen-bond acceptors (Lipinski definition) is 4. The lowest BCUT2D eigenvalue weighted by Crippen LogP contribution is -2.51. The molecule has 2 aromatic carbocycles. The summed E-state index contributed by atoms with van der Waals surface area (Å²) in [6, 6.07) is 21.2. The molecule has 2 atom stereocenters. The van der Waals surface area contributed by atoms with Gasteiger partial charge >= 0.3 is 5.97 Å². The van der Waals surface area contributed by atoms with Gasteiger partial charge in [-0.15, -0.1) is 0 Å². The van der Waals surface area contributed by atoms with Crippen LogP contribution in [0.2, 0.25) is 0 Å². The van der Waals surface area contributed by atoms with E-state index in [-0.39, 0.29) is 5.97 Å². The van der Waals surface area contributed by atoms with Crippen molar-refractivity contribution in [2.24, 2.45) is 0 Å². The zero-order chi connectivity index (χ0) is 20.8. The summed E-state index contributed by atoms with van der Waals surface area (Å²) in [4.78, 5) is 18.0. The average Bonchev–Trinajstić information content (AvgIpc) is 2.81. The van der Waals surface area contributed by atoms with Crippen molar-refractivity contribution in [1.29, 1.82) is 0 Å². The van der Waals surface area contributed by atoms with Crippen LogP contribution < -0.4 is 0 Å². The molecule has 1 aliphatic heterocycles. The smallest absolute Gasteiger partial charge is 0.320 e. The van der Waals surface area contributed by atoms with E-state index in [0.717, 1.165) is 51.1 Å². The highest BCUT2D eigenvalue weighted by atomic mass is 16.5. The molecular weight excluding hydrogens is 372 g/mol. The predicted molar refractivity (Wildman–Crippen MR) is 120 cm³/mol. The molecular formula is C26H32N2O2. The van der Waals surface area contributed by atoms with E-state index in [1.54, 1.807) is 0 Å². The van der Waals surface area contributed by atoms with Crippen LogP contribution in [0.4, 0.5) is 0 Å². The fraction of sp³-hybridized carbons (Fsp3) is 0.423. The number of hydrogen-bond donors (Lipinski definition) is 0. The molecule has 4 nitrogen and oxygen atoms in total. The highest BCUT2D eigenvalue weighted by Crippen LogP contribution is 2.37. The Hall–Kier alpha value is -2.43. The van der Waals surface area contributed by atoms with Gasteiger partial charge in [0.25, 0.3) is 0 Å². The fourth-order valence-corrected chi connectivity index (χ4v) is 4.75. The van der Waals surface area contributed by atoms with E-state index in [9.17, 15) is 4.79 Å².